The van der Waals surface area contributed by atoms with Crippen LogP contribution in [0.3, 0.4) is 0 Å². The Kier molecular flexibility index (Phi) is 3.48. The number of hydrogen-bond donors (Lipinski definition) is 2. The minimum atomic E-state index is -5.11. The average Bonchev–Trinajstić information content (AvgIpc) is 2.63. The van der Waals surface area contributed by atoms with Crippen molar-refractivity contribution in [2.45, 2.75) is 12.2 Å². The molecule has 9 heteroatoms. The molecular weight excluding hydrogens is 249 g/mol. The van der Waals surface area contributed by atoms with Crippen molar-refractivity contribution in [2.24, 2.45) is 0 Å². The van der Waals surface area contributed by atoms with Gasteiger partial charge in [0.1, 0.15) is 0 Å². The first-order chi connectivity index (χ1) is 7.32. The van der Waals surface area contributed by atoms with E-state index in [4.69, 9.17) is 5.11 Å². The van der Waals surface area contributed by atoms with Crippen LogP contribution in [0.4, 0.5) is 13.2 Å². The van der Waals surface area contributed by atoms with Crippen molar-refractivity contribution >= 4 is 23.4 Å². The first-order valence-electron chi connectivity index (χ1n) is 3.83. The number of hydrogen-bond acceptors (Lipinski definition) is 4. The van der Waals surface area contributed by atoms with Gasteiger partial charge in [-0.3, -0.25) is 4.79 Å². The van der Waals surface area contributed by atoms with Crippen LogP contribution >= 0.6 is 11.5 Å². The van der Waals surface area contributed by atoms with Gasteiger partial charge in [-0.25, -0.2) is 9.17 Å². The Hall–Kier alpha value is -1.64. The molecule has 0 saturated heterocycles. The van der Waals surface area contributed by atoms with E-state index in [0.29, 0.717) is 11.5 Å². The number of carbonyl (C=O) groups is 2. The Morgan fingerprint density at radius 3 is 2.50 bits per heavy atom. The van der Waals surface area contributed by atoms with Crippen molar-refractivity contribution in [2.75, 3.05) is 0 Å². The number of halogens is 3. The van der Waals surface area contributed by atoms with Crippen LogP contribution in [0, 0.1) is 0 Å². The maximum absolute atomic E-state index is 11.9. The van der Waals surface area contributed by atoms with Gasteiger partial charge >= 0.3 is 18.1 Å². The second-order valence-electron chi connectivity index (χ2n) is 2.66. The topological polar surface area (TPSA) is 79.3 Å². The molecule has 0 aliphatic heterocycles. The third-order valence-electron chi connectivity index (χ3n) is 1.52. The summed E-state index contributed by atoms with van der Waals surface area (Å²) in [5.41, 5.74) is 0. The van der Waals surface area contributed by atoms with Crippen molar-refractivity contribution in [3.63, 3.8) is 0 Å². The van der Waals surface area contributed by atoms with Crippen molar-refractivity contribution in [3.8, 4) is 0 Å². The molecule has 0 aliphatic carbocycles. The monoisotopic (exact) mass is 254 g/mol. The molecule has 5 nitrogen and oxygen atoms in total. The van der Waals surface area contributed by atoms with E-state index in [9.17, 15) is 22.8 Å². The third kappa shape index (κ3) is 2.92. The molecule has 1 unspecified atom stereocenters. The average molecular weight is 254 g/mol. The number of carboxylic acid groups (broad SMARTS) is 1. The molecule has 1 heterocycles. The molecule has 2 N–H and O–H groups in total. The molecule has 16 heavy (non-hydrogen) atoms. The van der Waals surface area contributed by atoms with Crippen LogP contribution in [-0.2, 0) is 9.59 Å². The summed E-state index contributed by atoms with van der Waals surface area (Å²) in [6.07, 6.45) is -3.88. The predicted molar refractivity (Wildman–Crippen MR) is 46.7 cm³/mol. The van der Waals surface area contributed by atoms with Crippen molar-refractivity contribution in [3.05, 3.63) is 17.1 Å². The van der Waals surface area contributed by atoms with Crippen molar-refractivity contribution < 1.29 is 27.9 Å². The largest absolute Gasteiger partial charge is 0.479 e. The second kappa shape index (κ2) is 4.47. The van der Waals surface area contributed by atoms with Gasteiger partial charge in [-0.15, -0.1) is 0 Å². The maximum Gasteiger partial charge on any atom is 0.471 e. The highest BCUT2D eigenvalue weighted by Gasteiger charge is 2.41. The van der Waals surface area contributed by atoms with Crippen LogP contribution in [0.1, 0.15) is 10.9 Å². The molecule has 1 aromatic heterocycles. The van der Waals surface area contributed by atoms with Crippen LogP contribution < -0.4 is 5.32 Å². The molecule has 0 bridgehead atoms. The minimum Gasteiger partial charge on any atom is -0.479 e. The van der Waals surface area contributed by atoms with E-state index in [1.54, 1.807) is 0 Å². The fourth-order valence-corrected chi connectivity index (χ4v) is 1.47. The van der Waals surface area contributed by atoms with Crippen LogP contribution in [0.2, 0.25) is 0 Å². The Morgan fingerprint density at radius 2 is 2.12 bits per heavy atom. The predicted octanol–water partition coefficient (Wildman–Crippen LogP) is 0.947. The SMILES string of the molecule is O=C(O)C(NC(=O)C(F)(F)F)c1ccns1. The summed E-state index contributed by atoms with van der Waals surface area (Å²) < 4.78 is 39.2. The van der Waals surface area contributed by atoms with E-state index in [-0.39, 0.29) is 4.88 Å². The van der Waals surface area contributed by atoms with Crippen molar-refractivity contribution in [1.29, 1.82) is 0 Å². The van der Waals surface area contributed by atoms with Crippen LogP contribution in [0.5, 0.6) is 0 Å². The van der Waals surface area contributed by atoms with E-state index < -0.39 is 24.1 Å². The summed E-state index contributed by atoms with van der Waals surface area (Å²) in [6, 6.07) is -0.512. The Balaban J connectivity index is 2.83. The molecule has 88 valence electrons. The van der Waals surface area contributed by atoms with Crippen LogP contribution in [0.15, 0.2) is 12.3 Å². The molecule has 0 spiro atoms. The molecule has 1 aromatic rings. The van der Waals surface area contributed by atoms with Gasteiger partial charge in [-0.05, 0) is 17.6 Å². The summed E-state index contributed by atoms with van der Waals surface area (Å²) in [5.74, 6) is -3.88. The van der Waals surface area contributed by atoms with Crippen molar-refractivity contribution in [1.82, 2.24) is 9.69 Å². The lowest BCUT2D eigenvalue weighted by atomic mass is 10.2. The van der Waals surface area contributed by atoms with E-state index in [0.717, 1.165) is 0 Å². The number of aliphatic carboxylic acids is 1. The van der Waals surface area contributed by atoms with Gasteiger partial charge in [0.15, 0.2) is 6.04 Å². The number of amides is 1. The number of carboxylic acids is 1. The first kappa shape index (κ1) is 12.4. The quantitative estimate of drug-likeness (QED) is 0.841. The number of nitrogens with zero attached hydrogens (tertiary/aromatic N) is 1. The number of aromatic nitrogens is 1. The van der Waals surface area contributed by atoms with Gasteiger partial charge in [-0.2, -0.15) is 13.2 Å². The number of nitrogens with one attached hydrogen (secondary N) is 1. The summed E-state index contributed by atoms with van der Waals surface area (Å²) in [5, 5.41) is 10.0. The smallest absolute Gasteiger partial charge is 0.471 e. The highest BCUT2D eigenvalue weighted by atomic mass is 32.1. The van der Waals surface area contributed by atoms with Gasteiger partial charge in [0.05, 0.1) is 4.88 Å². The Morgan fingerprint density at radius 1 is 1.50 bits per heavy atom. The summed E-state index contributed by atoms with van der Waals surface area (Å²) >= 11 is 0.699. The molecule has 0 saturated carbocycles. The van der Waals surface area contributed by atoms with Gasteiger partial charge in [0.2, 0.25) is 0 Å². The van der Waals surface area contributed by atoms with E-state index in [2.05, 4.69) is 4.37 Å². The standard InChI is InChI=1S/C7H5F3N2O3S/c8-7(9,10)6(15)12-4(5(13)14)3-1-2-11-16-3/h1-2,4H,(H,12,15)(H,13,14). The fraction of sp³-hybridized carbons (Fsp3) is 0.286. The highest BCUT2D eigenvalue weighted by Crippen LogP contribution is 2.20. The summed E-state index contributed by atoms with van der Waals surface area (Å²) in [7, 11) is 0. The third-order valence-corrected chi connectivity index (χ3v) is 2.33. The zero-order valence-electron chi connectivity index (χ0n) is 7.49. The highest BCUT2D eigenvalue weighted by molar-refractivity contribution is 7.05. The van der Waals surface area contributed by atoms with E-state index >= 15 is 0 Å². The number of carbonyl (C=O) groups excluding carboxylic acids is 1. The zero-order chi connectivity index (χ0) is 12.3. The minimum absolute atomic E-state index is 0.0186. The molecule has 1 amide bonds. The lowest BCUT2D eigenvalue weighted by molar-refractivity contribution is -0.175. The van der Waals surface area contributed by atoms with Gasteiger partial charge in [-0.1, -0.05) is 0 Å². The summed E-state index contributed by atoms with van der Waals surface area (Å²) in [6.45, 7) is 0. The fourth-order valence-electron chi connectivity index (χ4n) is 0.842. The van der Waals surface area contributed by atoms with E-state index in [1.165, 1.54) is 17.6 Å². The first-order valence-corrected chi connectivity index (χ1v) is 4.61. The lowest BCUT2D eigenvalue weighted by Gasteiger charge is -2.13. The second-order valence-corrected chi connectivity index (χ2v) is 3.52. The molecular formula is C7H5F3N2O3S. The van der Waals surface area contributed by atoms with Gasteiger partial charge in [0.25, 0.3) is 0 Å². The van der Waals surface area contributed by atoms with Gasteiger partial charge in [0, 0.05) is 6.20 Å². The zero-order valence-corrected chi connectivity index (χ0v) is 8.30. The van der Waals surface area contributed by atoms with Crippen LogP contribution in [0.25, 0.3) is 0 Å². The normalized spacial score (nSPS) is 13.2. The summed E-state index contributed by atoms with van der Waals surface area (Å²) in [4.78, 5) is 21.2. The van der Waals surface area contributed by atoms with Crippen LogP contribution in [-0.4, -0.2) is 27.5 Å². The lowest BCUT2D eigenvalue weighted by Crippen LogP contribution is -2.41. The van der Waals surface area contributed by atoms with E-state index in [1.807, 2.05) is 0 Å². The molecule has 0 fully saturated rings. The van der Waals surface area contributed by atoms with Gasteiger partial charge < -0.3 is 10.4 Å². The number of rotatable bonds is 3. The molecule has 1 atom stereocenters. The Bertz CT molecular complexity index is 390. The molecule has 1 rings (SSSR count). The Labute approximate surface area is 91.1 Å². The maximum atomic E-state index is 11.9. The number of alkyl halides is 3. The molecule has 0 aliphatic rings. The molecule has 0 aromatic carbocycles. The molecule has 0 radical (unpaired) electrons.